The lowest BCUT2D eigenvalue weighted by atomic mass is 10.2. The molecular weight excluding hydrogens is 240 g/mol. The number of halogens is 3. The summed E-state index contributed by atoms with van der Waals surface area (Å²) in [5.74, 6) is -0.324. The Morgan fingerprint density at radius 2 is 2.20 bits per heavy atom. The summed E-state index contributed by atoms with van der Waals surface area (Å²) in [5.41, 5.74) is 0.440. The van der Waals surface area contributed by atoms with Crippen molar-refractivity contribution in [1.82, 2.24) is 5.32 Å². The molecule has 5 heteroatoms. The maximum Gasteiger partial charge on any atom is 0.129 e. The van der Waals surface area contributed by atoms with Crippen LogP contribution in [0.5, 0.6) is 0 Å². The molecule has 0 fully saturated rings. The molecular formula is C10H14Cl2FNO. The van der Waals surface area contributed by atoms with Gasteiger partial charge in [-0.25, -0.2) is 4.39 Å². The minimum absolute atomic E-state index is 0. The lowest BCUT2D eigenvalue weighted by Crippen LogP contribution is -2.24. The van der Waals surface area contributed by atoms with Crippen molar-refractivity contribution in [3.8, 4) is 0 Å². The number of aliphatic hydroxyl groups is 1. The van der Waals surface area contributed by atoms with E-state index in [2.05, 4.69) is 5.32 Å². The largest absolute Gasteiger partial charge is 0.392 e. The molecule has 2 N–H and O–H groups in total. The first-order chi connectivity index (χ1) is 6.61. The summed E-state index contributed by atoms with van der Waals surface area (Å²) in [5, 5.41) is 12.3. The van der Waals surface area contributed by atoms with Crippen molar-refractivity contribution >= 4 is 24.0 Å². The lowest BCUT2D eigenvalue weighted by Gasteiger charge is -2.08. The first kappa shape index (κ1) is 14.6. The number of hydrogen-bond donors (Lipinski definition) is 2. The molecule has 1 unspecified atom stereocenters. The Hall–Kier alpha value is -0.350. The second-order valence-electron chi connectivity index (χ2n) is 3.18. The predicted molar refractivity (Wildman–Crippen MR) is 62.0 cm³/mol. The number of nitrogens with one attached hydrogen (secondary N) is 1. The van der Waals surface area contributed by atoms with Gasteiger partial charge in [0.15, 0.2) is 0 Å². The lowest BCUT2D eigenvalue weighted by molar-refractivity contribution is 0.191. The Morgan fingerprint density at radius 3 is 2.73 bits per heavy atom. The van der Waals surface area contributed by atoms with Crippen LogP contribution >= 0.6 is 24.0 Å². The van der Waals surface area contributed by atoms with Crippen LogP contribution in [0.15, 0.2) is 18.2 Å². The van der Waals surface area contributed by atoms with Gasteiger partial charge in [0.05, 0.1) is 6.10 Å². The monoisotopic (exact) mass is 253 g/mol. The maximum absolute atomic E-state index is 13.2. The van der Waals surface area contributed by atoms with Gasteiger partial charge in [-0.1, -0.05) is 17.7 Å². The van der Waals surface area contributed by atoms with Crippen molar-refractivity contribution in [1.29, 1.82) is 0 Å². The summed E-state index contributed by atoms with van der Waals surface area (Å²) in [6.45, 7) is 2.41. The number of hydrogen-bond acceptors (Lipinski definition) is 2. The van der Waals surface area contributed by atoms with Crippen LogP contribution in [0.3, 0.4) is 0 Å². The van der Waals surface area contributed by atoms with Gasteiger partial charge in [-0.15, -0.1) is 12.4 Å². The fourth-order valence-electron chi connectivity index (χ4n) is 1.11. The summed E-state index contributed by atoms with van der Waals surface area (Å²) in [4.78, 5) is 0. The van der Waals surface area contributed by atoms with Crippen molar-refractivity contribution in [3.63, 3.8) is 0 Å². The highest BCUT2D eigenvalue weighted by Gasteiger charge is 2.06. The third-order valence-corrected chi connectivity index (χ3v) is 2.16. The first-order valence-corrected chi connectivity index (χ1v) is 4.80. The molecule has 0 spiro atoms. The third kappa shape index (κ3) is 4.80. The molecule has 0 aliphatic heterocycles. The quantitative estimate of drug-likeness (QED) is 0.864. The fourth-order valence-corrected chi connectivity index (χ4v) is 1.34. The molecule has 1 rings (SSSR count). The van der Waals surface area contributed by atoms with Crippen LogP contribution in [-0.4, -0.2) is 17.8 Å². The predicted octanol–water partition coefficient (Wildman–Crippen LogP) is 2.37. The molecule has 1 aromatic rings. The molecule has 0 radical (unpaired) electrons. The summed E-state index contributed by atoms with van der Waals surface area (Å²) in [6.07, 6.45) is -0.444. The van der Waals surface area contributed by atoms with E-state index in [1.54, 1.807) is 19.1 Å². The smallest absolute Gasteiger partial charge is 0.129 e. The third-order valence-electron chi connectivity index (χ3n) is 1.80. The second kappa shape index (κ2) is 7.01. The van der Waals surface area contributed by atoms with E-state index < -0.39 is 6.10 Å². The van der Waals surface area contributed by atoms with Crippen LogP contribution in [0.2, 0.25) is 5.02 Å². The van der Waals surface area contributed by atoms with Gasteiger partial charge in [-0.3, -0.25) is 0 Å². The molecule has 0 aliphatic rings. The highest BCUT2D eigenvalue weighted by molar-refractivity contribution is 6.31. The number of aliphatic hydroxyl groups excluding tert-OH is 1. The molecule has 1 atom stereocenters. The van der Waals surface area contributed by atoms with E-state index in [1.165, 1.54) is 6.07 Å². The molecule has 0 saturated carbocycles. The van der Waals surface area contributed by atoms with Gasteiger partial charge in [0.1, 0.15) is 5.82 Å². The van der Waals surface area contributed by atoms with E-state index in [9.17, 15) is 4.39 Å². The van der Waals surface area contributed by atoms with Gasteiger partial charge >= 0.3 is 0 Å². The van der Waals surface area contributed by atoms with Crippen molar-refractivity contribution in [2.75, 3.05) is 6.54 Å². The minimum atomic E-state index is -0.444. The van der Waals surface area contributed by atoms with Gasteiger partial charge in [0, 0.05) is 23.7 Å². The standard InChI is InChI=1S/C10H13ClFNO.ClH/c1-7(14)5-13-6-8-9(11)3-2-4-10(8)12;/h2-4,7,13-14H,5-6H2,1H3;1H. The van der Waals surface area contributed by atoms with Gasteiger partial charge in [-0.2, -0.15) is 0 Å². The molecule has 0 amide bonds. The Bertz CT molecular complexity index is 287. The van der Waals surface area contributed by atoms with Crippen LogP contribution in [0.25, 0.3) is 0 Å². The van der Waals surface area contributed by atoms with Crippen LogP contribution in [0.1, 0.15) is 12.5 Å². The highest BCUT2D eigenvalue weighted by Crippen LogP contribution is 2.18. The van der Waals surface area contributed by atoms with E-state index in [0.29, 0.717) is 23.7 Å². The van der Waals surface area contributed by atoms with Crippen LogP contribution in [0, 0.1) is 5.82 Å². The van der Waals surface area contributed by atoms with E-state index >= 15 is 0 Å². The Balaban J connectivity index is 0.00000196. The number of rotatable bonds is 4. The molecule has 0 aromatic heterocycles. The van der Waals surface area contributed by atoms with E-state index in [0.717, 1.165) is 0 Å². The van der Waals surface area contributed by atoms with Crippen molar-refractivity contribution in [2.24, 2.45) is 0 Å². The summed E-state index contributed by atoms with van der Waals surface area (Å²) in [7, 11) is 0. The zero-order valence-electron chi connectivity index (χ0n) is 8.34. The molecule has 0 saturated heterocycles. The normalized spacial score (nSPS) is 12.0. The van der Waals surface area contributed by atoms with Crippen LogP contribution in [0.4, 0.5) is 4.39 Å². The second-order valence-corrected chi connectivity index (χ2v) is 3.59. The summed E-state index contributed by atoms with van der Waals surface area (Å²) in [6, 6.07) is 4.57. The maximum atomic E-state index is 13.2. The van der Waals surface area contributed by atoms with Gasteiger partial charge in [0.25, 0.3) is 0 Å². The van der Waals surface area contributed by atoms with Gasteiger partial charge in [0.2, 0.25) is 0 Å². The van der Waals surface area contributed by atoms with Gasteiger partial charge in [-0.05, 0) is 19.1 Å². The topological polar surface area (TPSA) is 32.3 Å². The SMILES string of the molecule is CC(O)CNCc1c(F)cccc1Cl.Cl. The van der Waals surface area contributed by atoms with E-state index in [1.807, 2.05) is 0 Å². The summed E-state index contributed by atoms with van der Waals surface area (Å²) >= 11 is 5.80. The Kier molecular flexibility index (Phi) is 6.85. The molecule has 1 aromatic carbocycles. The molecule has 0 heterocycles. The zero-order chi connectivity index (χ0) is 10.6. The number of benzene rings is 1. The first-order valence-electron chi connectivity index (χ1n) is 4.43. The van der Waals surface area contributed by atoms with E-state index in [4.69, 9.17) is 16.7 Å². The molecule has 2 nitrogen and oxygen atoms in total. The van der Waals surface area contributed by atoms with Gasteiger partial charge < -0.3 is 10.4 Å². The Labute approximate surface area is 99.9 Å². The molecule has 15 heavy (non-hydrogen) atoms. The minimum Gasteiger partial charge on any atom is -0.392 e. The van der Waals surface area contributed by atoms with E-state index in [-0.39, 0.29) is 18.2 Å². The highest BCUT2D eigenvalue weighted by atomic mass is 35.5. The average molecular weight is 254 g/mol. The molecule has 0 aliphatic carbocycles. The average Bonchev–Trinajstić information content (AvgIpc) is 2.09. The van der Waals surface area contributed by atoms with Crippen molar-refractivity contribution in [3.05, 3.63) is 34.6 Å². The molecule has 0 bridgehead atoms. The van der Waals surface area contributed by atoms with Crippen molar-refractivity contribution < 1.29 is 9.50 Å². The van der Waals surface area contributed by atoms with Crippen LogP contribution in [-0.2, 0) is 6.54 Å². The van der Waals surface area contributed by atoms with Crippen molar-refractivity contribution in [2.45, 2.75) is 19.6 Å². The van der Waals surface area contributed by atoms with Crippen LogP contribution < -0.4 is 5.32 Å². The fraction of sp³-hybridized carbons (Fsp3) is 0.400. The Morgan fingerprint density at radius 1 is 1.53 bits per heavy atom. The zero-order valence-corrected chi connectivity index (χ0v) is 9.91. The summed E-state index contributed by atoms with van der Waals surface area (Å²) < 4.78 is 13.2. The molecule has 86 valence electrons.